The number of nitrogens with two attached hydrogens (primary N) is 1. The molecule has 1 heterocycles. The molecule has 0 saturated carbocycles. The molecule has 0 aromatic carbocycles. The van der Waals surface area contributed by atoms with Gasteiger partial charge in [-0.15, -0.1) is 24.8 Å². The first kappa shape index (κ1) is 23.9. The van der Waals surface area contributed by atoms with Crippen LogP contribution >= 0.6 is 24.8 Å². The summed E-state index contributed by atoms with van der Waals surface area (Å²) in [6.07, 6.45) is -2.76. The molecule has 2 N–H and O–H groups in total. The van der Waals surface area contributed by atoms with E-state index in [2.05, 4.69) is 0 Å². The number of carbonyl (C=O) groups excluding carboxylic acids is 1. The highest BCUT2D eigenvalue weighted by Crippen LogP contribution is 2.24. The molecule has 22 heavy (non-hydrogen) atoms. The first-order valence-corrected chi connectivity index (χ1v) is 6.64. The summed E-state index contributed by atoms with van der Waals surface area (Å²) < 4.78 is 50.0. The topological polar surface area (TPSA) is 49.6 Å². The van der Waals surface area contributed by atoms with Gasteiger partial charge in [0.15, 0.2) is 0 Å². The molecule has 134 valence electrons. The van der Waals surface area contributed by atoms with Crippen molar-refractivity contribution in [3.05, 3.63) is 0 Å². The molecular weight excluding hydrogens is 349 g/mol. The number of hydrogen-bond donors (Lipinski definition) is 1. The van der Waals surface area contributed by atoms with Gasteiger partial charge in [0, 0.05) is 38.6 Å². The Morgan fingerprint density at radius 3 is 2.09 bits per heavy atom. The van der Waals surface area contributed by atoms with E-state index in [1.807, 2.05) is 0 Å². The lowest BCUT2D eigenvalue weighted by Crippen LogP contribution is -2.52. The van der Waals surface area contributed by atoms with Gasteiger partial charge in [0.25, 0.3) is 0 Å². The third-order valence-electron chi connectivity index (χ3n) is 3.29. The number of halogens is 6. The largest absolute Gasteiger partial charge is 0.340 e. The first-order chi connectivity index (χ1) is 9.22. The van der Waals surface area contributed by atoms with Crippen molar-refractivity contribution in [2.75, 3.05) is 32.7 Å². The molecule has 1 rings (SSSR count). The average molecular weight is 372 g/mol. The number of alkyl halides is 4. The zero-order valence-electron chi connectivity index (χ0n) is 12.3. The summed E-state index contributed by atoms with van der Waals surface area (Å²) in [7, 11) is 0. The third-order valence-corrected chi connectivity index (χ3v) is 3.29. The maximum atomic E-state index is 12.9. The van der Waals surface area contributed by atoms with Crippen LogP contribution in [0.5, 0.6) is 0 Å². The van der Waals surface area contributed by atoms with Crippen LogP contribution in [-0.2, 0) is 4.79 Å². The van der Waals surface area contributed by atoms with Crippen molar-refractivity contribution in [1.29, 1.82) is 0 Å². The molecule has 0 bridgehead atoms. The minimum Gasteiger partial charge on any atom is -0.340 e. The molecular formula is C12H23Cl2F4N3O. The normalized spacial score (nSPS) is 17.7. The number of hydrogen-bond acceptors (Lipinski definition) is 3. The molecule has 1 unspecified atom stereocenters. The van der Waals surface area contributed by atoms with Crippen LogP contribution in [0.3, 0.4) is 0 Å². The number of carbonyl (C=O) groups is 1. The number of amides is 1. The SMILES string of the molecule is CC(N)CCC(=O)N1CCN(CC(F)(F)C(F)F)CC1.Cl.Cl. The van der Waals surface area contributed by atoms with Crippen LogP contribution < -0.4 is 5.73 Å². The highest BCUT2D eigenvalue weighted by molar-refractivity contribution is 5.85. The fraction of sp³-hybridized carbons (Fsp3) is 0.917. The zero-order chi connectivity index (χ0) is 15.3. The quantitative estimate of drug-likeness (QED) is 0.726. The van der Waals surface area contributed by atoms with E-state index >= 15 is 0 Å². The van der Waals surface area contributed by atoms with Crippen LogP contribution in [-0.4, -0.2) is 66.8 Å². The number of rotatable bonds is 6. The molecule has 0 aromatic rings. The smallest absolute Gasteiger partial charge is 0.319 e. The molecule has 0 spiro atoms. The maximum absolute atomic E-state index is 12.9. The van der Waals surface area contributed by atoms with Crippen molar-refractivity contribution in [2.45, 2.75) is 38.2 Å². The predicted molar refractivity (Wildman–Crippen MR) is 81.4 cm³/mol. The molecule has 1 fully saturated rings. The number of nitrogens with zero attached hydrogens (tertiary/aromatic N) is 2. The molecule has 1 aliphatic rings. The van der Waals surface area contributed by atoms with E-state index in [0.29, 0.717) is 12.8 Å². The maximum Gasteiger partial charge on any atom is 0.319 e. The summed E-state index contributed by atoms with van der Waals surface area (Å²) in [6, 6.07) is -0.0648. The Balaban J connectivity index is 0. The summed E-state index contributed by atoms with van der Waals surface area (Å²) in [6.45, 7) is 1.79. The van der Waals surface area contributed by atoms with E-state index in [0.717, 1.165) is 0 Å². The van der Waals surface area contributed by atoms with Crippen LogP contribution in [0.2, 0.25) is 0 Å². The lowest BCUT2D eigenvalue weighted by Gasteiger charge is -2.36. The Labute approximate surface area is 140 Å². The standard InChI is InChI=1S/C12H21F4N3O.2ClH/c1-9(17)2-3-10(20)19-6-4-18(5-7-19)8-12(15,16)11(13)14;;/h9,11H,2-8,17H2,1H3;2*1H. The molecule has 1 saturated heterocycles. The Bertz CT molecular complexity index is 327. The molecule has 10 heteroatoms. The Morgan fingerprint density at radius 2 is 1.68 bits per heavy atom. The highest BCUT2D eigenvalue weighted by atomic mass is 35.5. The van der Waals surface area contributed by atoms with Crippen molar-refractivity contribution in [3.63, 3.8) is 0 Å². The van der Waals surface area contributed by atoms with E-state index in [9.17, 15) is 22.4 Å². The van der Waals surface area contributed by atoms with E-state index < -0.39 is 18.9 Å². The van der Waals surface area contributed by atoms with Gasteiger partial charge in [0.1, 0.15) is 0 Å². The Hall–Kier alpha value is -0.310. The van der Waals surface area contributed by atoms with Gasteiger partial charge in [-0.25, -0.2) is 8.78 Å². The highest BCUT2D eigenvalue weighted by Gasteiger charge is 2.42. The van der Waals surface area contributed by atoms with Crippen molar-refractivity contribution in [2.24, 2.45) is 5.73 Å². The lowest BCUT2D eigenvalue weighted by molar-refractivity contribution is -0.148. The molecule has 1 amide bonds. The van der Waals surface area contributed by atoms with Crippen LogP contribution in [0.1, 0.15) is 19.8 Å². The van der Waals surface area contributed by atoms with Crippen LogP contribution in [0.4, 0.5) is 17.6 Å². The second kappa shape index (κ2) is 10.5. The number of piperazine rings is 1. The van der Waals surface area contributed by atoms with E-state index in [1.165, 1.54) is 4.90 Å². The minimum atomic E-state index is -4.00. The third kappa shape index (κ3) is 7.80. The van der Waals surface area contributed by atoms with E-state index in [-0.39, 0.29) is 62.9 Å². The van der Waals surface area contributed by atoms with E-state index in [4.69, 9.17) is 5.73 Å². The Morgan fingerprint density at radius 1 is 1.18 bits per heavy atom. The van der Waals surface area contributed by atoms with Crippen LogP contribution in [0, 0.1) is 0 Å². The second-order valence-electron chi connectivity index (χ2n) is 5.23. The first-order valence-electron chi connectivity index (χ1n) is 6.64. The predicted octanol–water partition coefficient (Wildman–Crippen LogP) is 2.00. The van der Waals surface area contributed by atoms with Gasteiger partial charge in [-0.1, -0.05) is 0 Å². The van der Waals surface area contributed by atoms with Crippen molar-refractivity contribution >= 4 is 30.7 Å². The van der Waals surface area contributed by atoms with Gasteiger partial charge in [-0.05, 0) is 13.3 Å². The van der Waals surface area contributed by atoms with Crippen molar-refractivity contribution in [1.82, 2.24) is 9.80 Å². The molecule has 0 radical (unpaired) electrons. The van der Waals surface area contributed by atoms with Gasteiger partial charge in [-0.3, -0.25) is 9.69 Å². The summed E-state index contributed by atoms with van der Waals surface area (Å²) in [5, 5.41) is 0. The zero-order valence-corrected chi connectivity index (χ0v) is 13.9. The minimum absolute atomic E-state index is 0. The summed E-state index contributed by atoms with van der Waals surface area (Å²) in [4.78, 5) is 14.6. The summed E-state index contributed by atoms with van der Waals surface area (Å²) in [5.74, 6) is -4.07. The monoisotopic (exact) mass is 371 g/mol. The summed E-state index contributed by atoms with van der Waals surface area (Å²) in [5.41, 5.74) is 5.56. The average Bonchev–Trinajstić information content (AvgIpc) is 2.36. The van der Waals surface area contributed by atoms with E-state index in [1.54, 1.807) is 11.8 Å². The van der Waals surface area contributed by atoms with Gasteiger partial charge in [0.2, 0.25) is 5.91 Å². The molecule has 1 aliphatic heterocycles. The van der Waals surface area contributed by atoms with Crippen LogP contribution in [0.25, 0.3) is 0 Å². The van der Waals surface area contributed by atoms with Gasteiger partial charge < -0.3 is 10.6 Å². The Kier molecular flexibility index (Phi) is 11.4. The summed E-state index contributed by atoms with van der Waals surface area (Å²) >= 11 is 0. The fourth-order valence-corrected chi connectivity index (χ4v) is 2.03. The lowest BCUT2D eigenvalue weighted by atomic mass is 10.1. The van der Waals surface area contributed by atoms with Crippen molar-refractivity contribution < 1.29 is 22.4 Å². The molecule has 0 aliphatic carbocycles. The van der Waals surface area contributed by atoms with Crippen molar-refractivity contribution in [3.8, 4) is 0 Å². The van der Waals surface area contributed by atoms with Gasteiger partial charge in [-0.2, -0.15) is 8.78 Å². The van der Waals surface area contributed by atoms with Gasteiger partial charge in [0.05, 0.1) is 6.54 Å². The fourth-order valence-electron chi connectivity index (χ4n) is 2.03. The van der Waals surface area contributed by atoms with Gasteiger partial charge >= 0.3 is 12.3 Å². The molecule has 0 aromatic heterocycles. The van der Waals surface area contributed by atoms with Crippen LogP contribution in [0.15, 0.2) is 0 Å². The second-order valence-corrected chi connectivity index (χ2v) is 5.23. The molecule has 1 atom stereocenters. The molecule has 4 nitrogen and oxygen atoms in total.